The lowest BCUT2D eigenvalue weighted by Gasteiger charge is -2.23. The summed E-state index contributed by atoms with van der Waals surface area (Å²) in [4.78, 5) is 30.2. The van der Waals surface area contributed by atoms with Gasteiger partial charge in [0.15, 0.2) is 0 Å². The number of hydrogen-bond acceptors (Lipinski definition) is 5. The molecule has 2 aromatic heterocycles. The third kappa shape index (κ3) is 5.73. The Labute approximate surface area is 198 Å². The molecule has 0 aliphatic rings. The van der Waals surface area contributed by atoms with Gasteiger partial charge >= 0.3 is 12.1 Å². The number of carbonyl (C=O) groups is 2. The molecule has 1 N–H and O–H groups in total. The van der Waals surface area contributed by atoms with Crippen LogP contribution < -0.4 is 5.32 Å². The van der Waals surface area contributed by atoms with Gasteiger partial charge in [0.25, 0.3) is 0 Å². The zero-order chi connectivity index (χ0) is 24.1. The van der Waals surface area contributed by atoms with Gasteiger partial charge in [-0.2, -0.15) is 0 Å². The van der Waals surface area contributed by atoms with E-state index in [1.807, 2.05) is 72.9 Å². The van der Waals surface area contributed by atoms with E-state index in [2.05, 4.69) is 9.72 Å². The van der Waals surface area contributed by atoms with Crippen LogP contribution in [0.25, 0.3) is 16.6 Å². The van der Waals surface area contributed by atoms with E-state index in [-0.39, 0.29) is 6.61 Å². The second-order valence-corrected chi connectivity index (χ2v) is 9.14. The second kappa shape index (κ2) is 9.95. The van der Waals surface area contributed by atoms with E-state index in [9.17, 15) is 9.59 Å². The van der Waals surface area contributed by atoms with Gasteiger partial charge in [0, 0.05) is 6.20 Å². The van der Waals surface area contributed by atoms with Crippen molar-refractivity contribution in [3.05, 3.63) is 84.2 Å². The SMILES string of the molecule is CC(C)(C)OC(=O)NC(CCc1nc2ccccc2n2cccc12)C(=O)OCc1ccccc1. The molecule has 0 saturated heterocycles. The molecule has 2 heterocycles. The molecule has 0 fully saturated rings. The van der Waals surface area contributed by atoms with Crippen LogP contribution in [0.4, 0.5) is 4.79 Å². The number of nitrogens with zero attached hydrogens (tertiary/aromatic N) is 2. The molecule has 0 radical (unpaired) electrons. The lowest BCUT2D eigenvalue weighted by atomic mass is 10.1. The number of alkyl carbamates (subject to hydrolysis) is 1. The number of rotatable bonds is 7. The van der Waals surface area contributed by atoms with Crippen molar-refractivity contribution in [2.45, 2.75) is 51.9 Å². The molecule has 2 aromatic carbocycles. The number of hydrogen-bond donors (Lipinski definition) is 1. The summed E-state index contributed by atoms with van der Waals surface area (Å²) in [5.74, 6) is -0.512. The molecular formula is C27H29N3O4. The largest absolute Gasteiger partial charge is 0.459 e. The Hall–Kier alpha value is -3.87. The third-order valence-corrected chi connectivity index (χ3v) is 5.31. The van der Waals surface area contributed by atoms with Crippen molar-refractivity contribution < 1.29 is 19.1 Å². The Bertz CT molecular complexity index is 1290. The molecule has 0 saturated carbocycles. The van der Waals surface area contributed by atoms with Crippen LogP contribution in [0.2, 0.25) is 0 Å². The normalized spacial score (nSPS) is 12.4. The molecule has 1 amide bonds. The molecule has 0 aliphatic carbocycles. The summed E-state index contributed by atoms with van der Waals surface area (Å²) in [6.45, 7) is 5.45. The highest BCUT2D eigenvalue weighted by Gasteiger charge is 2.26. The minimum atomic E-state index is -0.873. The van der Waals surface area contributed by atoms with Gasteiger partial charge in [0.05, 0.1) is 22.2 Å². The summed E-state index contributed by atoms with van der Waals surface area (Å²) in [6.07, 6.45) is 2.12. The maximum Gasteiger partial charge on any atom is 0.408 e. The summed E-state index contributed by atoms with van der Waals surface area (Å²) in [5, 5.41) is 2.69. The van der Waals surface area contributed by atoms with E-state index < -0.39 is 23.7 Å². The molecule has 7 heteroatoms. The molecule has 0 spiro atoms. The van der Waals surface area contributed by atoms with Crippen molar-refractivity contribution in [1.82, 2.24) is 14.7 Å². The van der Waals surface area contributed by atoms with Crippen molar-refractivity contribution in [3.63, 3.8) is 0 Å². The third-order valence-electron chi connectivity index (χ3n) is 5.31. The number of esters is 1. The van der Waals surface area contributed by atoms with Gasteiger partial charge in [-0.1, -0.05) is 42.5 Å². The zero-order valence-corrected chi connectivity index (χ0v) is 19.7. The number of aryl methyl sites for hydroxylation is 1. The molecular weight excluding hydrogens is 430 g/mol. The highest BCUT2D eigenvalue weighted by molar-refractivity contribution is 5.82. The van der Waals surface area contributed by atoms with Crippen molar-refractivity contribution in [2.24, 2.45) is 0 Å². The number of carbonyl (C=O) groups excluding carboxylic acids is 2. The summed E-state index contributed by atoms with van der Waals surface area (Å²) < 4.78 is 13.0. The van der Waals surface area contributed by atoms with Gasteiger partial charge in [-0.05, 0) is 63.4 Å². The van der Waals surface area contributed by atoms with Crippen molar-refractivity contribution in [3.8, 4) is 0 Å². The summed E-state index contributed by atoms with van der Waals surface area (Å²) in [7, 11) is 0. The van der Waals surface area contributed by atoms with E-state index in [0.717, 1.165) is 27.8 Å². The molecule has 4 aromatic rings. The van der Waals surface area contributed by atoms with Crippen LogP contribution in [0.3, 0.4) is 0 Å². The van der Waals surface area contributed by atoms with Gasteiger partial charge in [0.2, 0.25) is 0 Å². The maximum absolute atomic E-state index is 12.9. The monoisotopic (exact) mass is 459 g/mol. The number of benzene rings is 2. The first kappa shape index (κ1) is 23.3. The smallest absolute Gasteiger partial charge is 0.408 e. The van der Waals surface area contributed by atoms with Crippen LogP contribution in [0.1, 0.15) is 38.4 Å². The van der Waals surface area contributed by atoms with Crippen LogP contribution >= 0.6 is 0 Å². The van der Waals surface area contributed by atoms with Gasteiger partial charge in [-0.25, -0.2) is 14.6 Å². The number of para-hydroxylation sites is 2. The second-order valence-electron chi connectivity index (χ2n) is 9.14. The van der Waals surface area contributed by atoms with Gasteiger partial charge in [-0.3, -0.25) is 0 Å². The molecule has 176 valence electrons. The highest BCUT2D eigenvalue weighted by Crippen LogP contribution is 2.20. The van der Waals surface area contributed by atoms with Gasteiger partial charge in [-0.15, -0.1) is 0 Å². The minimum Gasteiger partial charge on any atom is -0.459 e. The Morgan fingerprint density at radius 2 is 1.68 bits per heavy atom. The standard InChI is InChI=1S/C27H29N3O4/c1-27(2,3)34-26(32)29-22(25(31)33-18-19-10-5-4-6-11-19)16-15-21-24-14-9-17-30(24)23-13-8-7-12-20(23)28-21/h4-14,17,22H,15-16,18H2,1-3H3,(H,29,32). The predicted molar refractivity (Wildman–Crippen MR) is 130 cm³/mol. The maximum atomic E-state index is 12.9. The average Bonchev–Trinajstić information content (AvgIpc) is 3.30. The van der Waals surface area contributed by atoms with E-state index in [1.165, 1.54) is 0 Å². The molecule has 0 bridgehead atoms. The minimum absolute atomic E-state index is 0.128. The molecule has 0 aliphatic heterocycles. The molecule has 34 heavy (non-hydrogen) atoms. The van der Waals surface area contributed by atoms with Crippen LogP contribution in [0, 0.1) is 0 Å². The van der Waals surface area contributed by atoms with Gasteiger partial charge in [0.1, 0.15) is 18.2 Å². The van der Waals surface area contributed by atoms with Crippen LogP contribution in [0.5, 0.6) is 0 Å². The predicted octanol–water partition coefficient (Wildman–Crippen LogP) is 5.06. The number of fused-ring (bicyclic) bond motifs is 3. The Morgan fingerprint density at radius 3 is 2.44 bits per heavy atom. The highest BCUT2D eigenvalue weighted by atomic mass is 16.6. The van der Waals surface area contributed by atoms with E-state index >= 15 is 0 Å². The number of aromatic nitrogens is 2. The number of amides is 1. The fraction of sp³-hybridized carbons (Fsp3) is 0.296. The van der Waals surface area contributed by atoms with Crippen molar-refractivity contribution in [2.75, 3.05) is 0 Å². The van der Waals surface area contributed by atoms with Gasteiger partial charge < -0.3 is 19.2 Å². The molecule has 7 nitrogen and oxygen atoms in total. The molecule has 1 atom stereocenters. The Kier molecular flexibility index (Phi) is 6.82. The van der Waals surface area contributed by atoms with Crippen LogP contribution in [0.15, 0.2) is 72.9 Å². The Morgan fingerprint density at radius 1 is 0.971 bits per heavy atom. The summed E-state index contributed by atoms with van der Waals surface area (Å²) in [5.41, 5.74) is 3.88. The number of nitrogens with one attached hydrogen (secondary N) is 1. The fourth-order valence-corrected chi connectivity index (χ4v) is 3.78. The lowest BCUT2D eigenvalue weighted by Crippen LogP contribution is -2.44. The van der Waals surface area contributed by atoms with E-state index in [4.69, 9.17) is 14.5 Å². The molecule has 1 unspecified atom stereocenters. The zero-order valence-electron chi connectivity index (χ0n) is 19.7. The van der Waals surface area contributed by atoms with Crippen molar-refractivity contribution >= 4 is 28.6 Å². The lowest BCUT2D eigenvalue weighted by molar-refractivity contribution is -0.147. The van der Waals surface area contributed by atoms with Crippen molar-refractivity contribution in [1.29, 1.82) is 0 Å². The first-order valence-corrected chi connectivity index (χ1v) is 11.3. The topological polar surface area (TPSA) is 81.9 Å². The van der Waals surface area contributed by atoms with Crippen LogP contribution in [-0.2, 0) is 27.3 Å². The Balaban J connectivity index is 1.53. The molecule has 4 rings (SSSR count). The average molecular weight is 460 g/mol. The summed E-state index contributed by atoms with van der Waals surface area (Å²) in [6, 6.07) is 20.4. The van der Waals surface area contributed by atoms with E-state index in [0.29, 0.717) is 12.8 Å². The fourth-order valence-electron chi connectivity index (χ4n) is 3.78. The van der Waals surface area contributed by atoms with Crippen LogP contribution in [-0.4, -0.2) is 33.1 Å². The first-order chi connectivity index (χ1) is 16.3. The quantitative estimate of drug-likeness (QED) is 0.391. The number of ether oxygens (including phenoxy) is 2. The summed E-state index contributed by atoms with van der Waals surface area (Å²) >= 11 is 0. The van der Waals surface area contributed by atoms with E-state index in [1.54, 1.807) is 20.8 Å². The first-order valence-electron chi connectivity index (χ1n) is 11.3.